The summed E-state index contributed by atoms with van der Waals surface area (Å²) in [6, 6.07) is 6.65. The van der Waals surface area contributed by atoms with Gasteiger partial charge in [-0.25, -0.2) is 4.98 Å². The van der Waals surface area contributed by atoms with E-state index in [4.69, 9.17) is 11.6 Å². The molecule has 0 spiro atoms. The van der Waals surface area contributed by atoms with Gasteiger partial charge in [0.25, 0.3) is 5.91 Å². The molecule has 0 radical (unpaired) electrons. The maximum Gasteiger partial charge on any atom is 0.256 e. The second-order valence-corrected chi connectivity index (χ2v) is 10.3. The van der Waals surface area contributed by atoms with Crippen LogP contribution < -0.4 is 10.6 Å². The van der Waals surface area contributed by atoms with Gasteiger partial charge in [0.2, 0.25) is 11.8 Å². The van der Waals surface area contributed by atoms with Gasteiger partial charge in [-0.15, -0.1) is 11.3 Å². The first-order valence-corrected chi connectivity index (χ1v) is 13.7. The summed E-state index contributed by atoms with van der Waals surface area (Å²) in [7, 11) is 0. The number of hydrogen-bond donors (Lipinski definition) is 2. The molecule has 0 aliphatic heterocycles. The lowest BCUT2D eigenvalue weighted by molar-refractivity contribution is -0.121. The van der Waals surface area contributed by atoms with E-state index in [9.17, 15) is 14.4 Å². The molecular weight excluding hydrogens is 498 g/mol. The molecule has 0 aliphatic rings. The van der Waals surface area contributed by atoms with Gasteiger partial charge >= 0.3 is 0 Å². The standard InChI is InChI=1S/C26H38ClN5O3S/c1-6-31(7-2)14-10-11-19(5)28-23(33)15-20-17-36-26(29-20)30-24(34)16-32(18(3)4)25(35)21-12-8-9-13-22(21)27/h8-9,12-13,17-19H,6-7,10-11,14-16H2,1-5H3,(H,28,33)(H,29,30,34). The number of carbonyl (C=O) groups excluding carboxylic acids is 3. The van der Waals surface area contributed by atoms with Crippen LogP contribution in [-0.4, -0.2) is 70.8 Å². The molecule has 0 saturated heterocycles. The summed E-state index contributed by atoms with van der Waals surface area (Å²) in [5, 5.41) is 8.26. The zero-order valence-corrected chi connectivity index (χ0v) is 23.4. The van der Waals surface area contributed by atoms with Crippen LogP contribution in [0.1, 0.15) is 63.5 Å². The van der Waals surface area contributed by atoms with Crippen molar-refractivity contribution in [3.63, 3.8) is 0 Å². The molecular formula is C26H38ClN5O3S. The van der Waals surface area contributed by atoms with Gasteiger partial charge < -0.3 is 20.4 Å². The van der Waals surface area contributed by atoms with Crippen molar-refractivity contribution in [3.8, 4) is 0 Å². The van der Waals surface area contributed by atoms with Gasteiger partial charge in [0.15, 0.2) is 5.13 Å². The van der Waals surface area contributed by atoms with Crippen molar-refractivity contribution < 1.29 is 14.4 Å². The number of anilines is 1. The molecule has 0 bridgehead atoms. The molecule has 198 valence electrons. The number of nitrogens with zero attached hydrogens (tertiary/aromatic N) is 3. The Balaban J connectivity index is 1.85. The fraction of sp³-hybridized carbons (Fsp3) is 0.538. The lowest BCUT2D eigenvalue weighted by Gasteiger charge is -2.26. The van der Waals surface area contributed by atoms with Crippen LogP contribution >= 0.6 is 22.9 Å². The zero-order valence-electron chi connectivity index (χ0n) is 21.8. The van der Waals surface area contributed by atoms with Gasteiger partial charge in [0, 0.05) is 17.5 Å². The van der Waals surface area contributed by atoms with Crippen molar-refractivity contribution in [2.75, 3.05) is 31.5 Å². The van der Waals surface area contributed by atoms with E-state index < -0.39 is 0 Å². The Bertz CT molecular complexity index is 1010. The first-order valence-electron chi connectivity index (χ1n) is 12.5. The number of amides is 3. The summed E-state index contributed by atoms with van der Waals surface area (Å²) in [6.07, 6.45) is 2.10. The molecule has 2 aromatic rings. The Labute approximate surface area is 223 Å². The Morgan fingerprint density at radius 3 is 2.42 bits per heavy atom. The number of halogens is 1. The van der Waals surface area contributed by atoms with Gasteiger partial charge in [-0.05, 0) is 65.4 Å². The highest BCUT2D eigenvalue weighted by atomic mass is 35.5. The van der Waals surface area contributed by atoms with Crippen LogP contribution in [0.25, 0.3) is 0 Å². The Morgan fingerprint density at radius 2 is 1.78 bits per heavy atom. The lowest BCUT2D eigenvalue weighted by Crippen LogP contribution is -2.42. The Hall–Kier alpha value is -2.49. The van der Waals surface area contributed by atoms with Gasteiger partial charge in [-0.1, -0.05) is 37.6 Å². The quantitative estimate of drug-likeness (QED) is 0.372. The molecule has 2 N–H and O–H groups in total. The molecule has 0 aliphatic carbocycles. The topological polar surface area (TPSA) is 94.6 Å². The fourth-order valence-electron chi connectivity index (χ4n) is 3.76. The van der Waals surface area contributed by atoms with Crippen molar-refractivity contribution in [3.05, 3.63) is 45.9 Å². The van der Waals surface area contributed by atoms with Gasteiger partial charge in [-0.2, -0.15) is 0 Å². The Morgan fingerprint density at radius 1 is 1.08 bits per heavy atom. The number of hydrogen-bond acceptors (Lipinski definition) is 6. The van der Waals surface area contributed by atoms with E-state index in [1.54, 1.807) is 29.6 Å². The van der Waals surface area contributed by atoms with E-state index in [1.807, 2.05) is 20.8 Å². The van der Waals surface area contributed by atoms with Gasteiger partial charge in [-0.3, -0.25) is 14.4 Å². The second kappa shape index (κ2) is 14.9. The first-order chi connectivity index (χ1) is 17.1. The number of aromatic nitrogens is 1. The molecule has 1 heterocycles. The largest absolute Gasteiger partial charge is 0.353 e. The smallest absolute Gasteiger partial charge is 0.256 e. The van der Waals surface area contributed by atoms with Crippen molar-refractivity contribution in [1.29, 1.82) is 0 Å². The molecule has 1 aromatic heterocycles. The van der Waals surface area contributed by atoms with E-state index in [-0.39, 0.29) is 42.8 Å². The number of benzene rings is 1. The molecule has 2 rings (SSSR count). The predicted octanol–water partition coefficient (Wildman–Crippen LogP) is 4.46. The van der Waals surface area contributed by atoms with Crippen LogP contribution in [0, 0.1) is 0 Å². The fourth-order valence-corrected chi connectivity index (χ4v) is 4.70. The second-order valence-electron chi connectivity index (χ2n) is 9.01. The Kier molecular flexibility index (Phi) is 12.3. The minimum atomic E-state index is -0.365. The van der Waals surface area contributed by atoms with E-state index in [0.29, 0.717) is 21.4 Å². The normalized spacial score (nSPS) is 12.0. The highest BCUT2D eigenvalue weighted by Gasteiger charge is 2.23. The zero-order chi connectivity index (χ0) is 26.7. The molecule has 1 atom stereocenters. The number of nitrogens with one attached hydrogen (secondary N) is 2. The highest BCUT2D eigenvalue weighted by molar-refractivity contribution is 7.13. The minimum absolute atomic E-state index is 0.0866. The summed E-state index contributed by atoms with van der Waals surface area (Å²) in [5.74, 6) is -0.769. The summed E-state index contributed by atoms with van der Waals surface area (Å²) >= 11 is 7.42. The van der Waals surface area contributed by atoms with Crippen LogP contribution in [0.15, 0.2) is 29.6 Å². The maximum absolute atomic E-state index is 12.9. The lowest BCUT2D eigenvalue weighted by atomic mass is 10.1. The van der Waals surface area contributed by atoms with Crippen molar-refractivity contribution in [2.45, 2.75) is 66.0 Å². The van der Waals surface area contributed by atoms with Crippen LogP contribution in [0.3, 0.4) is 0 Å². The van der Waals surface area contributed by atoms with Crippen LogP contribution in [-0.2, 0) is 16.0 Å². The predicted molar refractivity (Wildman–Crippen MR) is 147 cm³/mol. The summed E-state index contributed by atoms with van der Waals surface area (Å²) in [4.78, 5) is 46.2. The average molecular weight is 536 g/mol. The molecule has 1 unspecified atom stereocenters. The number of thiazole rings is 1. The number of carbonyl (C=O) groups is 3. The van der Waals surface area contributed by atoms with Crippen LogP contribution in [0.2, 0.25) is 5.02 Å². The van der Waals surface area contributed by atoms with E-state index in [0.717, 1.165) is 32.5 Å². The highest BCUT2D eigenvalue weighted by Crippen LogP contribution is 2.19. The average Bonchev–Trinajstić information content (AvgIpc) is 3.26. The van der Waals surface area contributed by atoms with Crippen molar-refractivity contribution >= 4 is 45.8 Å². The van der Waals surface area contributed by atoms with Gasteiger partial charge in [0.05, 0.1) is 22.7 Å². The summed E-state index contributed by atoms with van der Waals surface area (Å²) in [5.41, 5.74) is 0.946. The third-order valence-electron chi connectivity index (χ3n) is 5.86. The monoisotopic (exact) mass is 535 g/mol. The molecule has 8 nitrogen and oxygen atoms in total. The summed E-state index contributed by atoms with van der Waals surface area (Å²) < 4.78 is 0. The molecule has 1 aromatic carbocycles. The van der Waals surface area contributed by atoms with E-state index >= 15 is 0 Å². The third-order valence-corrected chi connectivity index (χ3v) is 6.99. The van der Waals surface area contributed by atoms with Crippen molar-refractivity contribution in [1.82, 2.24) is 20.1 Å². The first kappa shape index (κ1) is 29.7. The van der Waals surface area contributed by atoms with E-state index in [2.05, 4.69) is 34.4 Å². The van der Waals surface area contributed by atoms with Crippen molar-refractivity contribution in [2.24, 2.45) is 0 Å². The molecule has 3 amide bonds. The molecule has 36 heavy (non-hydrogen) atoms. The summed E-state index contributed by atoms with van der Waals surface area (Å²) in [6.45, 7) is 13.0. The van der Waals surface area contributed by atoms with E-state index in [1.165, 1.54) is 16.2 Å². The SMILES string of the molecule is CCN(CC)CCCC(C)NC(=O)Cc1csc(NC(=O)CN(C(=O)c2ccccc2Cl)C(C)C)n1. The molecule has 0 fully saturated rings. The van der Waals surface area contributed by atoms with Crippen LogP contribution in [0.4, 0.5) is 5.13 Å². The molecule has 10 heteroatoms. The minimum Gasteiger partial charge on any atom is -0.353 e. The van der Waals surface area contributed by atoms with Gasteiger partial charge in [0.1, 0.15) is 6.54 Å². The van der Waals surface area contributed by atoms with Crippen LogP contribution in [0.5, 0.6) is 0 Å². The molecule has 0 saturated carbocycles. The maximum atomic E-state index is 12.9. The third kappa shape index (κ3) is 9.52. The number of rotatable bonds is 14.